The van der Waals surface area contributed by atoms with Gasteiger partial charge in [0.25, 0.3) is 0 Å². The van der Waals surface area contributed by atoms with Crippen molar-refractivity contribution in [1.29, 1.82) is 0 Å². The minimum absolute atomic E-state index is 0.283. The summed E-state index contributed by atoms with van der Waals surface area (Å²) in [5.74, 6) is 3.03. The Morgan fingerprint density at radius 2 is 1.37 bits per heavy atom. The summed E-state index contributed by atoms with van der Waals surface area (Å²) in [4.78, 5) is 0. The average molecular weight is 265 g/mol. The van der Waals surface area contributed by atoms with Crippen molar-refractivity contribution in [3.05, 3.63) is 0 Å². The molecule has 2 saturated carbocycles. The third kappa shape index (κ3) is 5.10. The molecule has 0 bridgehead atoms. The molecule has 2 fully saturated rings. The van der Waals surface area contributed by atoms with Crippen molar-refractivity contribution < 1.29 is 0 Å². The van der Waals surface area contributed by atoms with Crippen LogP contribution in [-0.2, 0) is 0 Å². The maximum atomic E-state index is 3.78. The highest BCUT2D eigenvalue weighted by atomic mass is 14.9. The molecule has 0 heterocycles. The summed E-state index contributed by atoms with van der Waals surface area (Å²) in [6.45, 7) is 8.16. The lowest BCUT2D eigenvalue weighted by atomic mass is 9.70. The average Bonchev–Trinajstić information content (AvgIpc) is 2.64. The van der Waals surface area contributed by atoms with Crippen molar-refractivity contribution in [2.45, 2.75) is 90.5 Å². The van der Waals surface area contributed by atoms with Gasteiger partial charge in [-0.15, -0.1) is 0 Å². The minimum atomic E-state index is 0.283. The Morgan fingerprint density at radius 1 is 0.789 bits per heavy atom. The summed E-state index contributed by atoms with van der Waals surface area (Å²) < 4.78 is 0. The van der Waals surface area contributed by atoms with E-state index in [4.69, 9.17) is 0 Å². The maximum absolute atomic E-state index is 3.78. The van der Waals surface area contributed by atoms with Crippen LogP contribution in [0.5, 0.6) is 0 Å². The Balaban J connectivity index is 1.90. The molecule has 0 aromatic heterocycles. The summed E-state index contributed by atoms with van der Waals surface area (Å²) >= 11 is 0. The first-order valence-corrected chi connectivity index (χ1v) is 8.81. The Hall–Kier alpha value is -0.0400. The Labute approximate surface area is 120 Å². The van der Waals surface area contributed by atoms with Gasteiger partial charge in [-0.2, -0.15) is 0 Å². The second kappa shape index (κ2) is 7.11. The first-order valence-electron chi connectivity index (χ1n) is 8.81. The van der Waals surface area contributed by atoms with Crippen LogP contribution in [0.3, 0.4) is 0 Å². The molecule has 0 amide bonds. The molecule has 2 aliphatic carbocycles. The number of hydrogen-bond acceptors (Lipinski definition) is 1. The van der Waals surface area contributed by atoms with Gasteiger partial charge in [0.15, 0.2) is 0 Å². The van der Waals surface area contributed by atoms with Crippen LogP contribution in [0, 0.1) is 17.8 Å². The van der Waals surface area contributed by atoms with Crippen molar-refractivity contribution in [2.75, 3.05) is 6.54 Å². The lowest BCUT2D eigenvalue weighted by Gasteiger charge is -2.38. The molecule has 0 aromatic carbocycles. The van der Waals surface area contributed by atoms with E-state index in [1.54, 1.807) is 0 Å². The zero-order valence-corrected chi connectivity index (χ0v) is 13.5. The number of rotatable bonds is 3. The van der Waals surface area contributed by atoms with Crippen LogP contribution in [0.2, 0.25) is 0 Å². The Morgan fingerprint density at radius 3 is 2.00 bits per heavy atom. The number of nitrogens with one attached hydrogen (secondary N) is 1. The van der Waals surface area contributed by atoms with Crippen molar-refractivity contribution in [3.63, 3.8) is 0 Å². The van der Waals surface area contributed by atoms with E-state index < -0.39 is 0 Å². The highest BCUT2D eigenvalue weighted by Crippen LogP contribution is 2.40. The van der Waals surface area contributed by atoms with Crippen LogP contribution in [-0.4, -0.2) is 12.1 Å². The topological polar surface area (TPSA) is 12.0 Å². The van der Waals surface area contributed by atoms with Gasteiger partial charge in [0.2, 0.25) is 0 Å². The predicted octanol–water partition coefficient (Wildman–Crippen LogP) is 5.15. The molecule has 2 aliphatic rings. The minimum Gasteiger partial charge on any atom is -0.312 e. The van der Waals surface area contributed by atoms with E-state index >= 15 is 0 Å². The smallest absolute Gasteiger partial charge is 0.00966 e. The summed E-state index contributed by atoms with van der Waals surface area (Å²) in [5.41, 5.74) is 0.283. The molecule has 2 atom stereocenters. The van der Waals surface area contributed by atoms with Crippen molar-refractivity contribution in [2.24, 2.45) is 17.8 Å². The van der Waals surface area contributed by atoms with Crippen molar-refractivity contribution >= 4 is 0 Å². The van der Waals surface area contributed by atoms with Gasteiger partial charge in [-0.1, -0.05) is 51.4 Å². The lowest BCUT2D eigenvalue weighted by Crippen LogP contribution is -2.42. The van der Waals surface area contributed by atoms with Gasteiger partial charge in [0, 0.05) is 5.54 Å². The van der Waals surface area contributed by atoms with Crippen LogP contribution < -0.4 is 5.32 Å². The first kappa shape index (κ1) is 15.4. The largest absolute Gasteiger partial charge is 0.312 e. The molecule has 112 valence electrons. The molecule has 0 aromatic rings. The number of hydrogen-bond donors (Lipinski definition) is 1. The Bertz CT molecular complexity index is 245. The molecule has 19 heavy (non-hydrogen) atoms. The Kier molecular flexibility index (Phi) is 5.74. The molecule has 0 spiro atoms. The van der Waals surface area contributed by atoms with Gasteiger partial charge in [-0.25, -0.2) is 0 Å². The van der Waals surface area contributed by atoms with Gasteiger partial charge in [-0.3, -0.25) is 0 Å². The van der Waals surface area contributed by atoms with Gasteiger partial charge >= 0.3 is 0 Å². The van der Waals surface area contributed by atoms with E-state index in [2.05, 4.69) is 26.1 Å². The predicted molar refractivity (Wildman–Crippen MR) is 84.4 cm³/mol. The summed E-state index contributed by atoms with van der Waals surface area (Å²) in [5, 5.41) is 3.78. The molecule has 0 aliphatic heterocycles. The third-order valence-corrected chi connectivity index (χ3v) is 5.37. The van der Waals surface area contributed by atoms with Gasteiger partial charge in [-0.05, 0) is 57.9 Å². The van der Waals surface area contributed by atoms with Crippen LogP contribution in [0.15, 0.2) is 0 Å². The highest BCUT2D eigenvalue weighted by molar-refractivity contribution is 4.85. The molecule has 0 radical (unpaired) electrons. The third-order valence-electron chi connectivity index (χ3n) is 5.37. The zero-order valence-electron chi connectivity index (χ0n) is 13.5. The van der Waals surface area contributed by atoms with E-state index in [-0.39, 0.29) is 5.54 Å². The quantitative estimate of drug-likeness (QED) is 0.696. The summed E-state index contributed by atoms with van der Waals surface area (Å²) in [6.07, 6.45) is 15.0. The first-order chi connectivity index (χ1) is 9.06. The van der Waals surface area contributed by atoms with Crippen molar-refractivity contribution in [1.82, 2.24) is 5.32 Å². The zero-order chi connectivity index (χ0) is 13.7. The molecule has 2 rings (SSSR count). The van der Waals surface area contributed by atoms with Gasteiger partial charge in [0.1, 0.15) is 0 Å². The van der Waals surface area contributed by atoms with E-state index in [9.17, 15) is 0 Å². The highest BCUT2D eigenvalue weighted by Gasteiger charge is 2.32. The van der Waals surface area contributed by atoms with E-state index in [0.29, 0.717) is 0 Å². The summed E-state index contributed by atoms with van der Waals surface area (Å²) in [6, 6.07) is 0. The van der Waals surface area contributed by atoms with E-state index in [0.717, 1.165) is 17.8 Å². The van der Waals surface area contributed by atoms with Crippen molar-refractivity contribution in [3.8, 4) is 0 Å². The molecule has 1 N–H and O–H groups in total. The van der Waals surface area contributed by atoms with Crippen LogP contribution in [0.4, 0.5) is 0 Å². The van der Waals surface area contributed by atoms with Crippen LogP contribution >= 0.6 is 0 Å². The standard InChI is InChI=1S/C18H35N/c1-18(2,3)19-14-16-12-8-9-13-17(16)15-10-6-4-5-7-11-15/h15-17,19H,4-14H2,1-3H3. The fraction of sp³-hybridized carbons (Fsp3) is 1.00. The van der Waals surface area contributed by atoms with Gasteiger partial charge in [0.05, 0.1) is 0 Å². The van der Waals surface area contributed by atoms with E-state index in [1.807, 2.05) is 0 Å². The molecular formula is C18H35N. The van der Waals surface area contributed by atoms with Crippen LogP contribution in [0.25, 0.3) is 0 Å². The molecular weight excluding hydrogens is 230 g/mol. The monoisotopic (exact) mass is 265 g/mol. The fourth-order valence-corrected chi connectivity index (χ4v) is 4.29. The molecule has 1 heteroatoms. The summed E-state index contributed by atoms with van der Waals surface area (Å²) in [7, 11) is 0. The SMILES string of the molecule is CC(C)(C)NCC1CCCCC1C1CCCCCC1. The molecule has 2 unspecified atom stereocenters. The fourth-order valence-electron chi connectivity index (χ4n) is 4.29. The van der Waals surface area contributed by atoms with Crippen LogP contribution in [0.1, 0.15) is 85.0 Å². The second-order valence-electron chi connectivity index (χ2n) is 8.09. The maximum Gasteiger partial charge on any atom is 0.00966 e. The normalized spacial score (nSPS) is 31.1. The lowest BCUT2D eigenvalue weighted by molar-refractivity contribution is 0.138. The molecule has 0 saturated heterocycles. The van der Waals surface area contributed by atoms with Gasteiger partial charge < -0.3 is 5.32 Å². The molecule has 1 nitrogen and oxygen atoms in total. The van der Waals surface area contributed by atoms with E-state index in [1.165, 1.54) is 70.8 Å². The second-order valence-corrected chi connectivity index (χ2v) is 8.09.